The number of fused-ring (bicyclic) bond motifs is 4. The first-order valence-electron chi connectivity index (χ1n) is 23.9. The second-order valence-corrected chi connectivity index (χ2v) is 21.0. The summed E-state index contributed by atoms with van der Waals surface area (Å²) < 4.78 is 75.2. The van der Waals surface area contributed by atoms with E-state index >= 15 is 8.78 Å². The van der Waals surface area contributed by atoms with Crippen LogP contribution in [0, 0.1) is 42.2 Å². The van der Waals surface area contributed by atoms with Crippen molar-refractivity contribution in [1.29, 1.82) is 0 Å². The number of halogens is 4. The molecule has 4 saturated carbocycles. The summed E-state index contributed by atoms with van der Waals surface area (Å²) in [5.41, 5.74) is 0.811. The van der Waals surface area contributed by atoms with Crippen LogP contribution in [0.25, 0.3) is 21.8 Å². The zero-order valence-electron chi connectivity index (χ0n) is 39.8. The fourth-order valence-corrected chi connectivity index (χ4v) is 11.8. The van der Waals surface area contributed by atoms with E-state index in [1.165, 1.54) is 102 Å². The molecule has 2 saturated heterocycles. The standard InChI is InChI=1S/2C22H25FN2O4.C7H8O3S.ClH.HI/c2*1-29-21-18-15(20(26)16(22(27)28)11-25(18)14-6-7-14)8-17(23)19(21)24-9-12-4-2-3-5-13(12)10-24;1-6-2-4-7(5-3-6)11(8,9)10;;/h2*8,11-14H,2-7,9-10H2,1H3,(H,27,28);2-5H,1H3,(H,8,9,10);2*1H/t2*12-,13+;;;. The number of aromatic nitrogens is 2. The molecule has 0 spiro atoms. The predicted octanol–water partition coefficient (Wildman–Crippen LogP) is 9.90. The monoisotopic (exact) mass is 1140 g/mol. The Morgan fingerprint density at radius 2 is 0.958 bits per heavy atom. The Balaban J connectivity index is 0.000000169. The largest absolute Gasteiger partial charge is 0.492 e. The van der Waals surface area contributed by atoms with E-state index in [1.54, 1.807) is 12.1 Å². The SMILES string of the molecule is COc1c(N2C[C@H]3CCCC[C@H]3C2)c(F)cc2c(=O)c(C(=O)O)cn(C3CC3)c12.COc1c(N2C[C@H]3CCCC[C@H]3C2)c(F)cc2c(=O)c(C(=O)O)cn(C3CC3)c12.Cc1ccc(S(=O)(=O)O)cc1.Cl.I. The lowest BCUT2D eigenvalue weighted by Crippen LogP contribution is -2.24. The van der Waals surface area contributed by atoms with Gasteiger partial charge in [0.25, 0.3) is 10.1 Å². The smallest absolute Gasteiger partial charge is 0.341 e. The van der Waals surface area contributed by atoms with Crippen LogP contribution in [0.5, 0.6) is 11.5 Å². The minimum Gasteiger partial charge on any atom is -0.492 e. The molecule has 0 amide bonds. The maximum Gasteiger partial charge on any atom is 0.341 e. The van der Waals surface area contributed by atoms with E-state index in [9.17, 15) is 37.8 Å². The third kappa shape index (κ3) is 10.7. The maximum absolute atomic E-state index is 15.3. The zero-order valence-corrected chi connectivity index (χ0v) is 43.7. The van der Waals surface area contributed by atoms with E-state index < -0.39 is 44.5 Å². The Morgan fingerprint density at radius 1 is 0.620 bits per heavy atom. The Labute approximate surface area is 433 Å². The second kappa shape index (κ2) is 21.6. The Morgan fingerprint density at radius 3 is 1.24 bits per heavy atom. The van der Waals surface area contributed by atoms with Gasteiger partial charge in [0.1, 0.15) is 22.5 Å². The van der Waals surface area contributed by atoms with Crippen LogP contribution in [0.3, 0.4) is 0 Å². The molecular weight excluding hydrogens is 1080 g/mol. The Bertz CT molecular complexity index is 2890. The van der Waals surface area contributed by atoms with E-state index in [2.05, 4.69) is 9.80 Å². The third-order valence-electron chi connectivity index (χ3n) is 15.0. The molecule has 3 aromatic carbocycles. The molecule has 4 heterocycles. The highest BCUT2D eigenvalue weighted by atomic mass is 127. The number of aryl methyl sites for hydroxylation is 1. The van der Waals surface area contributed by atoms with Crippen LogP contribution in [0.1, 0.15) is 115 Å². The number of ether oxygens (including phenoxy) is 2. The summed E-state index contributed by atoms with van der Waals surface area (Å²) in [6, 6.07) is 8.64. The summed E-state index contributed by atoms with van der Waals surface area (Å²) in [7, 11) is -1.03. The Kier molecular flexibility index (Phi) is 16.4. The van der Waals surface area contributed by atoms with Crippen LogP contribution in [0.2, 0.25) is 0 Å². The van der Waals surface area contributed by atoms with Gasteiger partial charge in [-0.3, -0.25) is 14.1 Å². The lowest BCUT2D eigenvalue weighted by Gasteiger charge is -2.24. The molecule has 384 valence electrons. The molecule has 4 aliphatic carbocycles. The number of methoxy groups -OCH3 is 2. The van der Waals surface area contributed by atoms with Gasteiger partial charge in [0.15, 0.2) is 23.1 Å². The number of carbonyl (C=O) groups is 2. The highest BCUT2D eigenvalue weighted by Crippen LogP contribution is 2.49. The van der Waals surface area contributed by atoms with Crippen LogP contribution < -0.4 is 30.1 Å². The predicted molar refractivity (Wildman–Crippen MR) is 279 cm³/mol. The molecule has 3 N–H and O–H groups in total. The molecule has 71 heavy (non-hydrogen) atoms. The highest BCUT2D eigenvalue weighted by molar-refractivity contribution is 14.0. The van der Waals surface area contributed by atoms with Crippen molar-refractivity contribution in [2.24, 2.45) is 23.7 Å². The first-order chi connectivity index (χ1) is 33.0. The van der Waals surface area contributed by atoms with Gasteiger partial charge in [0.2, 0.25) is 10.9 Å². The number of aromatic carboxylic acids is 2. The number of benzene rings is 3. The first-order valence-corrected chi connectivity index (χ1v) is 25.3. The van der Waals surface area contributed by atoms with Gasteiger partial charge >= 0.3 is 11.9 Å². The third-order valence-corrected chi connectivity index (χ3v) is 15.9. The van der Waals surface area contributed by atoms with Crippen molar-refractivity contribution in [3.63, 3.8) is 0 Å². The van der Waals surface area contributed by atoms with Crippen molar-refractivity contribution in [2.45, 2.75) is 101 Å². The molecule has 15 nitrogen and oxygen atoms in total. The second-order valence-electron chi connectivity index (χ2n) is 19.6. The summed E-state index contributed by atoms with van der Waals surface area (Å²) in [5, 5.41) is 19.0. The van der Waals surface area contributed by atoms with E-state index in [-0.39, 0.29) is 75.3 Å². The van der Waals surface area contributed by atoms with E-state index in [0.717, 1.165) is 57.4 Å². The first kappa shape index (κ1) is 53.8. The van der Waals surface area contributed by atoms with Crippen LogP contribution in [0.4, 0.5) is 20.2 Å². The Hall–Kier alpha value is -4.99. The summed E-state index contributed by atoms with van der Waals surface area (Å²) in [6.45, 7) is 5.02. The fourth-order valence-electron chi connectivity index (χ4n) is 11.3. The van der Waals surface area contributed by atoms with Crippen molar-refractivity contribution in [3.05, 3.63) is 97.6 Å². The molecule has 0 bridgehead atoms. The lowest BCUT2D eigenvalue weighted by atomic mass is 9.82. The van der Waals surface area contributed by atoms with Gasteiger partial charge in [-0.25, -0.2) is 18.4 Å². The summed E-state index contributed by atoms with van der Waals surface area (Å²) >= 11 is 0. The molecule has 6 fully saturated rings. The van der Waals surface area contributed by atoms with Gasteiger partial charge in [0.05, 0.1) is 40.9 Å². The van der Waals surface area contributed by atoms with E-state index in [4.69, 9.17) is 14.0 Å². The van der Waals surface area contributed by atoms with Crippen LogP contribution in [-0.4, -0.2) is 84.7 Å². The molecule has 11 rings (SSSR count). The molecular formula is C51H60ClF2IN4O11S. The highest BCUT2D eigenvalue weighted by Gasteiger charge is 2.40. The van der Waals surface area contributed by atoms with Gasteiger partial charge in [-0.15, -0.1) is 36.4 Å². The molecule has 20 heteroatoms. The maximum atomic E-state index is 15.3. The van der Waals surface area contributed by atoms with Crippen molar-refractivity contribution in [2.75, 3.05) is 50.2 Å². The number of carboxylic acids is 2. The number of carboxylic acid groups (broad SMARTS) is 2. The van der Waals surface area contributed by atoms with Crippen LogP contribution in [-0.2, 0) is 10.1 Å². The summed E-state index contributed by atoms with van der Waals surface area (Å²) in [4.78, 5) is 52.8. The van der Waals surface area contributed by atoms with Crippen molar-refractivity contribution in [3.8, 4) is 11.5 Å². The van der Waals surface area contributed by atoms with Gasteiger partial charge in [0, 0.05) is 50.7 Å². The number of hydrogen-bond acceptors (Lipinski definition) is 10. The molecule has 5 aromatic rings. The minimum atomic E-state index is -4.02. The van der Waals surface area contributed by atoms with E-state index in [1.807, 2.05) is 16.1 Å². The number of hydrogen-bond donors (Lipinski definition) is 3. The molecule has 2 aliphatic heterocycles. The zero-order chi connectivity index (χ0) is 49.1. The topological polar surface area (TPSA) is 198 Å². The van der Waals surface area contributed by atoms with Crippen molar-refractivity contribution >= 4 is 91.6 Å². The quantitative estimate of drug-likeness (QED) is 0.0932. The molecule has 0 unspecified atom stereocenters. The fraction of sp³-hybridized carbons (Fsp3) is 0.490. The van der Waals surface area contributed by atoms with Crippen molar-refractivity contribution in [1.82, 2.24) is 9.13 Å². The average molecular weight is 1140 g/mol. The van der Waals surface area contributed by atoms with E-state index in [0.29, 0.717) is 57.6 Å². The van der Waals surface area contributed by atoms with Gasteiger partial charge in [-0.2, -0.15) is 8.42 Å². The molecule has 2 aromatic heterocycles. The van der Waals surface area contributed by atoms with Gasteiger partial charge < -0.3 is 38.6 Å². The summed E-state index contributed by atoms with van der Waals surface area (Å²) in [5.74, 6) is -0.639. The van der Waals surface area contributed by atoms with Crippen molar-refractivity contribution < 1.29 is 51.0 Å². The lowest BCUT2D eigenvalue weighted by molar-refractivity contribution is 0.0684. The van der Waals surface area contributed by atoms with Crippen LogP contribution >= 0.6 is 36.4 Å². The molecule has 4 atom stereocenters. The van der Waals surface area contributed by atoms with Gasteiger partial charge in [-0.05, 0) is 106 Å². The summed E-state index contributed by atoms with van der Waals surface area (Å²) in [6.07, 6.45) is 16.0. The average Bonchev–Trinajstić information content (AvgIpc) is 4.26. The van der Waals surface area contributed by atoms with Gasteiger partial charge in [-0.1, -0.05) is 43.4 Å². The molecule has 6 aliphatic rings. The number of rotatable bonds is 9. The number of anilines is 2. The number of nitrogens with zero attached hydrogens (tertiary/aromatic N) is 4. The number of pyridine rings is 2. The minimum absolute atomic E-state index is 0. The van der Waals surface area contributed by atoms with Crippen LogP contribution in [0.15, 0.2) is 63.3 Å². The molecule has 0 radical (unpaired) electrons. The normalized spacial score (nSPS) is 21.4.